The molecular weight excluding hydrogens is 332 g/mol. The molecule has 0 aromatic heterocycles. The highest BCUT2D eigenvalue weighted by Gasteiger charge is 1.95. The predicted molar refractivity (Wildman–Crippen MR) is 109 cm³/mol. The molecule has 0 aliphatic carbocycles. The molecule has 0 amide bonds. The lowest BCUT2D eigenvalue weighted by molar-refractivity contribution is 1.37. The van der Waals surface area contributed by atoms with Crippen LogP contribution in [-0.4, -0.2) is 12.5 Å². The fraction of sp³-hybridized carbons (Fsp3) is 0.300. The molecule has 0 spiro atoms. The van der Waals surface area contributed by atoms with Gasteiger partial charge in [-0.3, -0.25) is 0 Å². The predicted octanol–water partition coefficient (Wildman–Crippen LogP) is 6.61. The first-order chi connectivity index (χ1) is 11.7. The molecule has 128 valence electrons. The molecule has 2 rings (SSSR count). The van der Waals surface area contributed by atoms with E-state index in [0.29, 0.717) is 0 Å². The van der Waals surface area contributed by atoms with Crippen LogP contribution in [0.1, 0.15) is 38.8 Å². The monoisotopic (exact) mass is 358 g/mol. The molecule has 0 unspecified atom stereocenters. The molecule has 0 saturated heterocycles. The third kappa shape index (κ3) is 10.0. The average Bonchev–Trinajstić information content (AvgIpc) is 2.71. The zero-order chi connectivity index (χ0) is 18.8. The molecule has 2 aromatic carbocycles. The van der Waals surface area contributed by atoms with Crippen LogP contribution in [-0.2, 0) is 0 Å². The van der Waals surface area contributed by atoms with Crippen molar-refractivity contribution in [2.75, 3.05) is 12.5 Å². The molecule has 0 heterocycles. The van der Waals surface area contributed by atoms with Crippen LogP contribution in [0.25, 0.3) is 0 Å². The van der Waals surface area contributed by atoms with Crippen molar-refractivity contribution in [3.05, 3.63) is 59.7 Å². The lowest BCUT2D eigenvalue weighted by atomic mass is 10.2. The molecule has 2 aromatic rings. The van der Waals surface area contributed by atoms with Crippen LogP contribution >= 0.6 is 23.5 Å². The maximum Gasteiger partial charge on any atom is 0.100 e. The lowest BCUT2D eigenvalue weighted by Gasteiger charge is -1.95. The number of hydrogen-bond acceptors (Lipinski definition) is 4. The number of hydrogen-bond donors (Lipinski definition) is 0. The highest BCUT2D eigenvalue weighted by Crippen LogP contribution is 2.18. The minimum Gasteiger partial charge on any atom is -0.192 e. The summed E-state index contributed by atoms with van der Waals surface area (Å²) in [5.74, 6) is 0. The van der Waals surface area contributed by atoms with Crippen molar-refractivity contribution in [3.8, 4) is 12.1 Å². The first-order valence-corrected chi connectivity index (χ1v) is 10.3. The van der Waals surface area contributed by atoms with Gasteiger partial charge < -0.3 is 0 Å². The molecule has 0 N–H and O–H groups in total. The van der Waals surface area contributed by atoms with E-state index in [1.54, 1.807) is 29.6 Å². The van der Waals surface area contributed by atoms with Gasteiger partial charge in [-0.15, -0.1) is 23.5 Å². The van der Waals surface area contributed by atoms with Gasteiger partial charge in [0.15, 0.2) is 0 Å². The minimum absolute atomic E-state index is 0.729. The molecule has 0 aliphatic rings. The van der Waals surface area contributed by atoms with Crippen LogP contribution in [0, 0.1) is 22.7 Å². The van der Waals surface area contributed by atoms with Crippen LogP contribution in [0.3, 0.4) is 0 Å². The van der Waals surface area contributed by atoms with Crippen molar-refractivity contribution >= 4 is 23.5 Å². The highest BCUT2D eigenvalue weighted by atomic mass is 32.2. The third-order valence-electron chi connectivity index (χ3n) is 2.43. The Bertz CT molecular complexity index is 641. The van der Waals surface area contributed by atoms with Gasteiger partial charge in [-0.2, -0.15) is 10.5 Å². The summed E-state index contributed by atoms with van der Waals surface area (Å²) in [6.45, 7) is 8.00. The number of thioether (sulfide) groups is 2. The number of nitrogens with zero attached hydrogens (tertiary/aromatic N) is 2. The summed E-state index contributed by atoms with van der Waals surface area (Å²) in [5.41, 5.74) is 1.49. The van der Waals surface area contributed by atoms with Crippen LogP contribution in [0.4, 0.5) is 0 Å². The van der Waals surface area contributed by atoms with Crippen molar-refractivity contribution in [2.45, 2.75) is 37.5 Å². The summed E-state index contributed by atoms with van der Waals surface area (Å²) < 4.78 is 0. The van der Waals surface area contributed by atoms with E-state index in [0.717, 1.165) is 20.9 Å². The Balaban J connectivity index is 0. The van der Waals surface area contributed by atoms with E-state index >= 15 is 0 Å². The second-order valence-corrected chi connectivity index (χ2v) is 5.38. The molecular formula is C20H26N2S2. The Labute approximate surface area is 155 Å². The molecule has 4 heteroatoms. The summed E-state index contributed by atoms with van der Waals surface area (Å²) in [4.78, 5) is 2.18. The summed E-state index contributed by atoms with van der Waals surface area (Å²) in [7, 11) is 0. The Kier molecular flexibility index (Phi) is 17.7. The zero-order valence-electron chi connectivity index (χ0n) is 15.3. The molecule has 24 heavy (non-hydrogen) atoms. The van der Waals surface area contributed by atoms with Gasteiger partial charge in [-0.05, 0) is 42.8 Å². The molecule has 2 nitrogen and oxygen atoms in total. The van der Waals surface area contributed by atoms with E-state index in [1.165, 1.54) is 0 Å². The van der Waals surface area contributed by atoms with Crippen molar-refractivity contribution in [1.29, 1.82) is 10.5 Å². The fourth-order valence-electron chi connectivity index (χ4n) is 1.43. The number of benzene rings is 2. The highest BCUT2D eigenvalue weighted by molar-refractivity contribution is 7.98. The number of rotatable bonds is 2. The van der Waals surface area contributed by atoms with Gasteiger partial charge in [0.25, 0.3) is 0 Å². The second-order valence-electron chi connectivity index (χ2n) is 3.66. The number of nitriles is 2. The van der Waals surface area contributed by atoms with E-state index in [1.807, 2.05) is 82.7 Å². The van der Waals surface area contributed by atoms with Crippen molar-refractivity contribution < 1.29 is 0 Å². The molecule has 0 saturated carbocycles. The smallest absolute Gasteiger partial charge is 0.100 e. The van der Waals surface area contributed by atoms with E-state index in [2.05, 4.69) is 12.1 Å². The minimum atomic E-state index is 0.729. The summed E-state index contributed by atoms with van der Waals surface area (Å²) in [5, 5.41) is 17.1. The van der Waals surface area contributed by atoms with Gasteiger partial charge in [0.05, 0.1) is 17.2 Å². The van der Waals surface area contributed by atoms with Gasteiger partial charge in [0.1, 0.15) is 6.07 Å². The quantitative estimate of drug-likeness (QED) is 0.566. The Hall–Kier alpha value is -1.88. The van der Waals surface area contributed by atoms with E-state index in [-0.39, 0.29) is 0 Å². The molecule has 0 atom stereocenters. The van der Waals surface area contributed by atoms with Crippen molar-refractivity contribution in [1.82, 2.24) is 0 Å². The fourth-order valence-corrected chi connectivity index (χ4v) is 2.44. The lowest BCUT2D eigenvalue weighted by Crippen LogP contribution is -1.76. The summed E-state index contributed by atoms with van der Waals surface area (Å²) in [6, 6.07) is 19.4. The SMILES string of the molecule is CC.CC.CSc1cccc(C#N)c1.CSc1ccccc1C#N. The largest absolute Gasteiger partial charge is 0.192 e. The first-order valence-electron chi connectivity index (χ1n) is 7.82. The topological polar surface area (TPSA) is 47.6 Å². The summed E-state index contributed by atoms with van der Waals surface area (Å²) in [6.07, 6.45) is 3.96. The van der Waals surface area contributed by atoms with Gasteiger partial charge in [-0.1, -0.05) is 45.9 Å². The first kappa shape index (κ1) is 24.4. The zero-order valence-corrected chi connectivity index (χ0v) is 17.0. The maximum absolute atomic E-state index is 8.59. The van der Waals surface area contributed by atoms with E-state index in [9.17, 15) is 0 Å². The van der Waals surface area contributed by atoms with Crippen LogP contribution in [0.2, 0.25) is 0 Å². The van der Waals surface area contributed by atoms with Crippen LogP contribution in [0.15, 0.2) is 58.3 Å². The van der Waals surface area contributed by atoms with Crippen molar-refractivity contribution in [2.24, 2.45) is 0 Å². The average molecular weight is 359 g/mol. The standard InChI is InChI=1S/2C8H7NS.2C2H6/c1-10-8-4-2-3-7(5-8)6-9;1-10-8-5-3-2-4-7(8)6-9;2*1-2/h2*2-5H,1H3;2*1-2H3. The van der Waals surface area contributed by atoms with Gasteiger partial charge in [0.2, 0.25) is 0 Å². The van der Waals surface area contributed by atoms with Crippen LogP contribution in [0.5, 0.6) is 0 Å². The Morgan fingerprint density at radius 1 is 0.750 bits per heavy atom. The van der Waals surface area contributed by atoms with Crippen LogP contribution < -0.4 is 0 Å². The molecule has 0 bridgehead atoms. The Morgan fingerprint density at radius 2 is 1.38 bits per heavy atom. The molecule has 0 radical (unpaired) electrons. The second kappa shape index (κ2) is 17.5. The van der Waals surface area contributed by atoms with Gasteiger partial charge >= 0.3 is 0 Å². The van der Waals surface area contributed by atoms with Gasteiger partial charge in [-0.25, -0.2) is 0 Å². The van der Waals surface area contributed by atoms with Gasteiger partial charge in [0, 0.05) is 9.79 Å². The van der Waals surface area contributed by atoms with E-state index < -0.39 is 0 Å². The van der Waals surface area contributed by atoms with Crippen molar-refractivity contribution in [3.63, 3.8) is 0 Å². The normalized spacial score (nSPS) is 7.83. The Morgan fingerprint density at radius 3 is 1.83 bits per heavy atom. The van der Waals surface area contributed by atoms with E-state index in [4.69, 9.17) is 10.5 Å². The maximum atomic E-state index is 8.59. The molecule has 0 fully saturated rings. The third-order valence-corrected chi connectivity index (χ3v) is 3.95. The summed E-state index contributed by atoms with van der Waals surface area (Å²) >= 11 is 3.24. The molecule has 0 aliphatic heterocycles.